The molecule has 4 aromatic carbocycles. The standard InChI is InChI=1S/C29H22N4/c1-5-13-22(14-6-1)26-21-32-28(24-17-9-3-10-18-24)27(23-15-7-2-8-16-23)30-29(32)33(31-26)25-19-11-4-12-20-25/h1-20H,21H2. The van der Waals surface area contributed by atoms with Gasteiger partial charge in [0.1, 0.15) is 0 Å². The third kappa shape index (κ3) is 3.52. The van der Waals surface area contributed by atoms with E-state index in [4.69, 9.17) is 10.1 Å². The molecular formula is C29H22N4. The topological polar surface area (TPSA) is 33.4 Å². The van der Waals surface area contributed by atoms with E-state index in [2.05, 4.69) is 89.5 Å². The van der Waals surface area contributed by atoms with Crippen molar-refractivity contribution < 1.29 is 0 Å². The molecule has 0 amide bonds. The van der Waals surface area contributed by atoms with Crippen molar-refractivity contribution in [2.75, 3.05) is 5.01 Å². The summed E-state index contributed by atoms with van der Waals surface area (Å²) in [6.45, 7) is 0.646. The number of imidazole rings is 1. The maximum Gasteiger partial charge on any atom is 0.232 e. The SMILES string of the molecule is c1ccc(C2=NN(c3ccccc3)c3nc(-c4ccccc4)c(-c4ccccc4)n3C2)cc1. The van der Waals surface area contributed by atoms with Crippen molar-refractivity contribution in [1.82, 2.24) is 9.55 Å². The second-order valence-electron chi connectivity index (χ2n) is 7.99. The number of para-hydroxylation sites is 1. The summed E-state index contributed by atoms with van der Waals surface area (Å²) < 4.78 is 2.29. The van der Waals surface area contributed by atoms with Gasteiger partial charge in [-0.15, -0.1) is 0 Å². The van der Waals surface area contributed by atoms with Crippen LogP contribution < -0.4 is 5.01 Å². The van der Waals surface area contributed by atoms with E-state index in [1.807, 2.05) is 41.4 Å². The van der Waals surface area contributed by atoms with Gasteiger partial charge in [0.05, 0.1) is 29.3 Å². The number of fused-ring (bicyclic) bond motifs is 1. The number of benzene rings is 4. The Bertz CT molecular complexity index is 1410. The molecule has 0 radical (unpaired) electrons. The van der Waals surface area contributed by atoms with Crippen LogP contribution in [0.1, 0.15) is 5.56 Å². The monoisotopic (exact) mass is 426 g/mol. The molecule has 0 saturated carbocycles. The Balaban J connectivity index is 1.62. The van der Waals surface area contributed by atoms with Crippen LogP contribution in [-0.2, 0) is 6.54 Å². The molecule has 0 unspecified atom stereocenters. The van der Waals surface area contributed by atoms with Crippen molar-refractivity contribution in [3.8, 4) is 22.5 Å². The second kappa shape index (κ2) is 8.24. The zero-order valence-corrected chi connectivity index (χ0v) is 18.0. The molecule has 4 heteroatoms. The molecule has 158 valence electrons. The van der Waals surface area contributed by atoms with Gasteiger partial charge in [0, 0.05) is 11.1 Å². The summed E-state index contributed by atoms with van der Waals surface area (Å²) in [6.07, 6.45) is 0. The smallest absolute Gasteiger partial charge is 0.232 e. The lowest BCUT2D eigenvalue weighted by molar-refractivity contribution is 0.786. The number of rotatable bonds is 4. The van der Waals surface area contributed by atoms with E-state index >= 15 is 0 Å². The molecule has 0 N–H and O–H groups in total. The van der Waals surface area contributed by atoms with E-state index in [1.165, 1.54) is 0 Å². The van der Waals surface area contributed by atoms with Crippen LogP contribution in [0.25, 0.3) is 22.5 Å². The molecule has 0 bridgehead atoms. The van der Waals surface area contributed by atoms with E-state index in [9.17, 15) is 0 Å². The highest BCUT2D eigenvalue weighted by molar-refractivity contribution is 6.03. The minimum Gasteiger partial charge on any atom is -0.302 e. The molecule has 4 nitrogen and oxygen atoms in total. The first kappa shape index (κ1) is 19.3. The van der Waals surface area contributed by atoms with Gasteiger partial charge < -0.3 is 4.57 Å². The normalized spacial score (nSPS) is 12.8. The average molecular weight is 427 g/mol. The van der Waals surface area contributed by atoms with Crippen LogP contribution in [-0.4, -0.2) is 15.3 Å². The van der Waals surface area contributed by atoms with Crippen molar-refractivity contribution in [2.24, 2.45) is 5.10 Å². The van der Waals surface area contributed by atoms with Crippen LogP contribution in [0.2, 0.25) is 0 Å². The maximum atomic E-state index is 5.17. The van der Waals surface area contributed by atoms with Gasteiger partial charge in [0.2, 0.25) is 5.95 Å². The Kier molecular flexibility index (Phi) is 4.81. The summed E-state index contributed by atoms with van der Waals surface area (Å²) in [5, 5.41) is 7.04. The van der Waals surface area contributed by atoms with Crippen LogP contribution in [0.3, 0.4) is 0 Å². The number of aromatic nitrogens is 2. The molecule has 6 rings (SSSR count). The molecule has 2 heterocycles. The summed E-state index contributed by atoms with van der Waals surface area (Å²) in [5.41, 5.74) is 7.38. The van der Waals surface area contributed by atoms with Crippen molar-refractivity contribution in [3.05, 3.63) is 127 Å². The fourth-order valence-corrected chi connectivity index (χ4v) is 4.31. The molecular weight excluding hydrogens is 404 g/mol. The zero-order chi connectivity index (χ0) is 22.0. The van der Waals surface area contributed by atoms with Crippen LogP contribution in [0.4, 0.5) is 11.6 Å². The minimum atomic E-state index is 0.646. The lowest BCUT2D eigenvalue weighted by atomic mass is 10.0. The summed E-state index contributed by atoms with van der Waals surface area (Å²) in [5.74, 6) is 0.818. The van der Waals surface area contributed by atoms with Crippen molar-refractivity contribution in [1.29, 1.82) is 0 Å². The van der Waals surface area contributed by atoms with E-state index in [0.29, 0.717) is 6.54 Å². The molecule has 0 saturated heterocycles. The molecule has 0 aliphatic carbocycles. The maximum absolute atomic E-state index is 5.17. The first-order chi connectivity index (χ1) is 16.4. The molecule has 1 aliphatic rings. The summed E-state index contributed by atoms with van der Waals surface area (Å²) >= 11 is 0. The first-order valence-electron chi connectivity index (χ1n) is 11.1. The van der Waals surface area contributed by atoms with Crippen molar-refractivity contribution in [2.45, 2.75) is 6.54 Å². The summed E-state index contributed by atoms with van der Waals surface area (Å²) in [7, 11) is 0. The van der Waals surface area contributed by atoms with Gasteiger partial charge in [-0.3, -0.25) is 0 Å². The van der Waals surface area contributed by atoms with Crippen LogP contribution in [0, 0.1) is 0 Å². The molecule has 0 fully saturated rings. The van der Waals surface area contributed by atoms with Gasteiger partial charge in [-0.05, 0) is 17.7 Å². The van der Waals surface area contributed by atoms with Gasteiger partial charge in [0.15, 0.2) is 0 Å². The van der Waals surface area contributed by atoms with Gasteiger partial charge in [-0.25, -0.2) is 4.98 Å². The van der Waals surface area contributed by atoms with E-state index in [1.54, 1.807) is 0 Å². The van der Waals surface area contributed by atoms with E-state index in [0.717, 1.165) is 45.4 Å². The first-order valence-corrected chi connectivity index (χ1v) is 11.1. The molecule has 0 spiro atoms. The highest BCUT2D eigenvalue weighted by atomic mass is 15.5. The van der Waals surface area contributed by atoms with E-state index in [-0.39, 0.29) is 0 Å². The fourth-order valence-electron chi connectivity index (χ4n) is 4.31. The molecule has 5 aromatic rings. The number of hydrazone groups is 1. The van der Waals surface area contributed by atoms with E-state index < -0.39 is 0 Å². The van der Waals surface area contributed by atoms with Gasteiger partial charge in [-0.2, -0.15) is 10.1 Å². The Labute approximate surface area is 193 Å². The number of anilines is 2. The molecule has 1 aliphatic heterocycles. The lowest BCUT2D eigenvalue weighted by Gasteiger charge is -2.27. The molecule has 33 heavy (non-hydrogen) atoms. The van der Waals surface area contributed by atoms with Gasteiger partial charge in [0.25, 0.3) is 0 Å². The van der Waals surface area contributed by atoms with Crippen molar-refractivity contribution >= 4 is 17.3 Å². The van der Waals surface area contributed by atoms with Crippen molar-refractivity contribution in [3.63, 3.8) is 0 Å². The Hall–Kier alpha value is -4.44. The van der Waals surface area contributed by atoms with Crippen LogP contribution in [0.15, 0.2) is 126 Å². The third-order valence-corrected chi connectivity index (χ3v) is 5.87. The largest absolute Gasteiger partial charge is 0.302 e. The van der Waals surface area contributed by atoms with Gasteiger partial charge >= 0.3 is 0 Å². The number of hydrogen-bond acceptors (Lipinski definition) is 3. The minimum absolute atomic E-state index is 0.646. The Morgan fingerprint density at radius 1 is 0.545 bits per heavy atom. The number of nitrogens with zero attached hydrogens (tertiary/aromatic N) is 4. The zero-order valence-electron chi connectivity index (χ0n) is 18.0. The molecule has 0 atom stereocenters. The van der Waals surface area contributed by atoms with Crippen LogP contribution >= 0.6 is 0 Å². The lowest BCUT2D eigenvalue weighted by Crippen LogP contribution is -2.27. The van der Waals surface area contributed by atoms with Gasteiger partial charge in [-0.1, -0.05) is 109 Å². The highest BCUT2D eigenvalue weighted by Crippen LogP contribution is 2.39. The number of hydrogen-bond donors (Lipinski definition) is 0. The third-order valence-electron chi connectivity index (χ3n) is 5.87. The summed E-state index contributed by atoms with van der Waals surface area (Å²) in [6, 6.07) is 41.5. The summed E-state index contributed by atoms with van der Waals surface area (Å²) in [4.78, 5) is 5.17. The van der Waals surface area contributed by atoms with Crippen LogP contribution in [0.5, 0.6) is 0 Å². The predicted octanol–water partition coefficient (Wildman–Crippen LogP) is 6.77. The Morgan fingerprint density at radius 2 is 1.06 bits per heavy atom. The average Bonchev–Trinajstić information content (AvgIpc) is 3.30. The molecule has 1 aromatic heterocycles. The Morgan fingerprint density at radius 3 is 1.67 bits per heavy atom. The quantitative estimate of drug-likeness (QED) is 0.318. The highest BCUT2D eigenvalue weighted by Gasteiger charge is 2.29. The predicted molar refractivity (Wildman–Crippen MR) is 135 cm³/mol. The fraction of sp³-hybridized carbons (Fsp3) is 0.0345. The second-order valence-corrected chi connectivity index (χ2v) is 7.99.